The van der Waals surface area contributed by atoms with E-state index < -0.39 is 5.54 Å². The molecular weight excluding hydrogens is 282 g/mol. The third kappa shape index (κ3) is 3.09. The molecule has 1 N–H and O–H groups in total. The maximum Gasteiger partial charge on any atom is 0.330 e. The fraction of sp³-hybridized carbons (Fsp3) is 0.308. The minimum Gasteiger partial charge on any atom is -0.467 e. The number of hydrogen-bond donors (Lipinski definition) is 1. The van der Waals surface area contributed by atoms with Gasteiger partial charge in [-0.1, -0.05) is 34.0 Å². The summed E-state index contributed by atoms with van der Waals surface area (Å²) in [6, 6.07) is 7.46. The third-order valence-corrected chi connectivity index (χ3v) is 3.03. The van der Waals surface area contributed by atoms with Gasteiger partial charge < -0.3 is 4.74 Å². The fourth-order valence-electron chi connectivity index (χ4n) is 1.52. The predicted octanol–water partition coefficient (Wildman–Crippen LogP) is 2.06. The first kappa shape index (κ1) is 13.8. The molecule has 0 radical (unpaired) electrons. The van der Waals surface area contributed by atoms with Crippen molar-refractivity contribution in [3.05, 3.63) is 34.3 Å². The molecule has 0 aliphatic heterocycles. The minimum absolute atomic E-state index is 0.290. The molecule has 1 rings (SSSR count). The topological polar surface area (TPSA) is 38.3 Å². The lowest BCUT2D eigenvalue weighted by atomic mass is 9.92. The molecule has 90 valence electrons. The second-order valence-corrected chi connectivity index (χ2v) is 4.60. The lowest BCUT2D eigenvalue weighted by Gasteiger charge is -2.27. The molecular formula is C13H14BrNO2. The van der Waals surface area contributed by atoms with E-state index in [1.165, 1.54) is 7.11 Å². The molecule has 0 bridgehead atoms. The highest BCUT2D eigenvalue weighted by atomic mass is 79.9. The summed E-state index contributed by atoms with van der Waals surface area (Å²) in [5.41, 5.74) is -0.140. The number of carbonyl (C=O) groups is 1. The largest absolute Gasteiger partial charge is 0.467 e. The molecule has 0 aliphatic carbocycles. The van der Waals surface area contributed by atoms with Crippen molar-refractivity contribution in [3.63, 3.8) is 0 Å². The van der Waals surface area contributed by atoms with Crippen LogP contribution in [0.1, 0.15) is 12.5 Å². The van der Waals surface area contributed by atoms with E-state index in [-0.39, 0.29) is 12.5 Å². The summed E-state index contributed by atoms with van der Waals surface area (Å²) in [6.45, 7) is 2.04. The zero-order valence-corrected chi connectivity index (χ0v) is 11.4. The van der Waals surface area contributed by atoms with Crippen molar-refractivity contribution in [2.75, 3.05) is 13.7 Å². The number of ether oxygens (including phenoxy) is 1. The minimum atomic E-state index is -0.940. The standard InChI is InChI=1S/C13H14BrNO2/c1-4-8-15-13(2,12(16)17-3)10-6-5-7-11(14)9-10/h1,5-7,9,15H,8H2,2-3H3. The smallest absolute Gasteiger partial charge is 0.330 e. The van der Waals surface area contributed by atoms with E-state index in [4.69, 9.17) is 11.2 Å². The zero-order chi connectivity index (χ0) is 12.9. The Hall–Kier alpha value is -1.31. The predicted molar refractivity (Wildman–Crippen MR) is 70.3 cm³/mol. The van der Waals surface area contributed by atoms with Crippen LogP contribution in [0.4, 0.5) is 0 Å². The van der Waals surface area contributed by atoms with Crippen LogP contribution in [0.2, 0.25) is 0 Å². The van der Waals surface area contributed by atoms with Gasteiger partial charge >= 0.3 is 5.97 Å². The maximum atomic E-state index is 11.9. The van der Waals surface area contributed by atoms with E-state index in [0.29, 0.717) is 0 Å². The van der Waals surface area contributed by atoms with Crippen molar-refractivity contribution >= 4 is 21.9 Å². The number of esters is 1. The van der Waals surface area contributed by atoms with Crippen LogP contribution in [0.3, 0.4) is 0 Å². The summed E-state index contributed by atoms with van der Waals surface area (Å²) in [5, 5.41) is 3.01. The molecule has 0 saturated carbocycles. The Balaban J connectivity index is 3.14. The Kier molecular flexibility index (Phi) is 4.73. The second-order valence-electron chi connectivity index (χ2n) is 3.68. The molecule has 0 aromatic heterocycles. The molecule has 0 amide bonds. The van der Waals surface area contributed by atoms with Gasteiger partial charge in [0.15, 0.2) is 0 Å². The van der Waals surface area contributed by atoms with Crippen molar-refractivity contribution in [2.24, 2.45) is 0 Å². The molecule has 1 unspecified atom stereocenters. The summed E-state index contributed by atoms with van der Waals surface area (Å²) >= 11 is 3.37. The number of halogens is 1. The van der Waals surface area contributed by atoms with Gasteiger partial charge in [-0.25, -0.2) is 4.79 Å². The molecule has 1 aromatic carbocycles. The first-order chi connectivity index (χ1) is 8.04. The van der Waals surface area contributed by atoms with E-state index >= 15 is 0 Å². The number of methoxy groups -OCH3 is 1. The van der Waals surface area contributed by atoms with Gasteiger partial charge in [0.25, 0.3) is 0 Å². The van der Waals surface area contributed by atoms with Gasteiger partial charge in [0, 0.05) is 4.47 Å². The van der Waals surface area contributed by atoms with E-state index in [1.807, 2.05) is 24.3 Å². The number of carbonyl (C=O) groups excluding carboxylic acids is 1. The number of rotatable bonds is 4. The summed E-state index contributed by atoms with van der Waals surface area (Å²) in [7, 11) is 1.36. The summed E-state index contributed by atoms with van der Waals surface area (Å²) in [6.07, 6.45) is 5.21. The summed E-state index contributed by atoms with van der Waals surface area (Å²) in [5.74, 6) is 2.09. The van der Waals surface area contributed by atoms with Crippen molar-refractivity contribution in [1.29, 1.82) is 0 Å². The van der Waals surface area contributed by atoms with Crippen molar-refractivity contribution in [3.8, 4) is 12.3 Å². The average Bonchev–Trinajstić information content (AvgIpc) is 2.34. The highest BCUT2D eigenvalue weighted by molar-refractivity contribution is 9.10. The molecule has 0 fully saturated rings. The summed E-state index contributed by atoms with van der Waals surface area (Å²) < 4.78 is 5.72. The molecule has 1 aromatic rings. The van der Waals surface area contributed by atoms with Gasteiger partial charge in [0.2, 0.25) is 0 Å². The normalized spacial score (nSPS) is 13.5. The Morgan fingerprint density at radius 1 is 1.65 bits per heavy atom. The SMILES string of the molecule is C#CCNC(C)(C(=O)OC)c1cccc(Br)c1. The van der Waals surface area contributed by atoms with Crippen molar-refractivity contribution < 1.29 is 9.53 Å². The fourth-order valence-corrected chi connectivity index (χ4v) is 1.92. The van der Waals surface area contributed by atoms with Crippen LogP contribution in [-0.4, -0.2) is 19.6 Å². The van der Waals surface area contributed by atoms with Gasteiger partial charge in [0.1, 0.15) is 5.54 Å². The molecule has 0 heterocycles. The number of hydrogen-bond acceptors (Lipinski definition) is 3. The van der Waals surface area contributed by atoms with Crippen molar-refractivity contribution in [2.45, 2.75) is 12.5 Å². The first-order valence-corrected chi connectivity index (χ1v) is 5.87. The van der Waals surface area contributed by atoms with E-state index in [0.717, 1.165) is 10.0 Å². The van der Waals surface area contributed by atoms with Crippen LogP contribution < -0.4 is 5.32 Å². The van der Waals surface area contributed by atoms with Gasteiger partial charge in [-0.05, 0) is 24.6 Å². The number of nitrogens with one attached hydrogen (secondary N) is 1. The molecule has 0 saturated heterocycles. The molecule has 17 heavy (non-hydrogen) atoms. The highest BCUT2D eigenvalue weighted by Crippen LogP contribution is 2.25. The van der Waals surface area contributed by atoms with Crippen molar-refractivity contribution in [1.82, 2.24) is 5.32 Å². The Bertz CT molecular complexity index is 453. The lowest BCUT2D eigenvalue weighted by molar-refractivity contribution is -0.148. The third-order valence-electron chi connectivity index (χ3n) is 2.54. The molecule has 1 atom stereocenters. The Labute approximate surface area is 110 Å². The maximum absolute atomic E-state index is 11.9. The highest BCUT2D eigenvalue weighted by Gasteiger charge is 2.35. The van der Waals surface area contributed by atoms with Crippen LogP contribution in [-0.2, 0) is 15.1 Å². The average molecular weight is 296 g/mol. The van der Waals surface area contributed by atoms with Crippen LogP contribution in [0, 0.1) is 12.3 Å². The molecule has 0 spiro atoms. The Morgan fingerprint density at radius 2 is 2.35 bits per heavy atom. The number of benzene rings is 1. The molecule has 0 aliphatic rings. The molecule has 4 heteroatoms. The van der Waals surface area contributed by atoms with Gasteiger partial charge in [0.05, 0.1) is 13.7 Å². The van der Waals surface area contributed by atoms with Crippen LogP contribution in [0.15, 0.2) is 28.7 Å². The first-order valence-electron chi connectivity index (χ1n) is 5.07. The van der Waals surface area contributed by atoms with Gasteiger partial charge in [-0.2, -0.15) is 0 Å². The molecule has 3 nitrogen and oxygen atoms in total. The quantitative estimate of drug-likeness (QED) is 0.683. The van der Waals surface area contributed by atoms with E-state index in [1.54, 1.807) is 6.92 Å². The van der Waals surface area contributed by atoms with Crippen LogP contribution in [0.5, 0.6) is 0 Å². The monoisotopic (exact) mass is 295 g/mol. The second kappa shape index (κ2) is 5.85. The Morgan fingerprint density at radius 3 is 2.88 bits per heavy atom. The van der Waals surface area contributed by atoms with Crippen LogP contribution in [0.25, 0.3) is 0 Å². The number of terminal acetylenes is 1. The van der Waals surface area contributed by atoms with Gasteiger partial charge in [-0.3, -0.25) is 5.32 Å². The lowest BCUT2D eigenvalue weighted by Crippen LogP contribution is -2.47. The van der Waals surface area contributed by atoms with E-state index in [2.05, 4.69) is 27.2 Å². The van der Waals surface area contributed by atoms with Gasteiger partial charge in [-0.15, -0.1) is 6.42 Å². The zero-order valence-electron chi connectivity index (χ0n) is 9.79. The van der Waals surface area contributed by atoms with Crippen LogP contribution >= 0.6 is 15.9 Å². The van der Waals surface area contributed by atoms with E-state index in [9.17, 15) is 4.79 Å². The summed E-state index contributed by atoms with van der Waals surface area (Å²) in [4.78, 5) is 11.9.